The molecule has 0 radical (unpaired) electrons. The van der Waals surface area contributed by atoms with E-state index in [0.29, 0.717) is 51.4 Å². The lowest BCUT2D eigenvalue weighted by molar-refractivity contribution is -0.0662. The van der Waals surface area contributed by atoms with Crippen LogP contribution in [0.1, 0.15) is 23.7 Å². The summed E-state index contributed by atoms with van der Waals surface area (Å²) >= 11 is 0. The predicted molar refractivity (Wildman–Crippen MR) is 189 cm³/mol. The van der Waals surface area contributed by atoms with Crippen molar-refractivity contribution in [3.63, 3.8) is 0 Å². The van der Waals surface area contributed by atoms with Gasteiger partial charge in [-0.2, -0.15) is 9.97 Å². The third-order valence-electron chi connectivity index (χ3n) is 9.87. The van der Waals surface area contributed by atoms with E-state index in [1.807, 2.05) is 30.3 Å². The number of carbonyl (C=O) groups excluding carboxylic acids is 1. The van der Waals surface area contributed by atoms with Crippen LogP contribution in [0.5, 0.6) is 6.01 Å². The average molecular weight is 662 g/mol. The molecule has 11 heteroatoms. The summed E-state index contributed by atoms with van der Waals surface area (Å²) in [7, 11) is 2.10. The van der Waals surface area contributed by atoms with E-state index in [1.54, 1.807) is 4.90 Å². The van der Waals surface area contributed by atoms with Crippen molar-refractivity contribution in [2.24, 2.45) is 0 Å². The van der Waals surface area contributed by atoms with Crippen molar-refractivity contribution in [1.29, 1.82) is 0 Å². The number of likely N-dealkylation sites (N-methyl/N-ethyl adjacent to an activating group) is 1. The fraction of sp³-hybridized carbons (Fsp3) is 0.421. The first-order valence-electron chi connectivity index (χ1n) is 17.1. The number of hydrogen-bond acceptors (Lipinski definition) is 9. The molecule has 49 heavy (non-hydrogen) atoms. The van der Waals surface area contributed by atoms with Crippen LogP contribution in [0.2, 0.25) is 0 Å². The summed E-state index contributed by atoms with van der Waals surface area (Å²) in [5.41, 5.74) is 4.13. The molecule has 3 aromatic carbocycles. The Morgan fingerprint density at radius 1 is 0.980 bits per heavy atom. The van der Waals surface area contributed by atoms with Gasteiger partial charge in [-0.05, 0) is 37.4 Å². The van der Waals surface area contributed by atoms with Crippen LogP contribution in [0.3, 0.4) is 0 Å². The van der Waals surface area contributed by atoms with Crippen molar-refractivity contribution in [2.75, 3.05) is 69.3 Å². The fourth-order valence-corrected chi connectivity index (χ4v) is 6.98. The lowest BCUT2D eigenvalue weighted by Gasteiger charge is -2.41. The molecule has 3 aliphatic heterocycles. The molecule has 4 heterocycles. The summed E-state index contributed by atoms with van der Waals surface area (Å²) in [6.07, 6.45) is 0.281. The van der Waals surface area contributed by atoms with Crippen LogP contribution in [0.15, 0.2) is 72.8 Å². The Hall–Kier alpha value is -4.92. The van der Waals surface area contributed by atoms with Crippen molar-refractivity contribution < 1.29 is 19.0 Å². The van der Waals surface area contributed by atoms with Crippen molar-refractivity contribution in [2.45, 2.75) is 44.7 Å². The summed E-state index contributed by atoms with van der Waals surface area (Å²) in [6.45, 7) is 14.8. The summed E-state index contributed by atoms with van der Waals surface area (Å²) in [4.78, 5) is 35.5. The number of amides is 1. The first kappa shape index (κ1) is 32.6. The Morgan fingerprint density at radius 2 is 1.80 bits per heavy atom. The van der Waals surface area contributed by atoms with Crippen LogP contribution in [-0.4, -0.2) is 104 Å². The van der Waals surface area contributed by atoms with E-state index < -0.39 is 6.09 Å². The second-order valence-corrected chi connectivity index (χ2v) is 13.2. The van der Waals surface area contributed by atoms with E-state index in [0.717, 1.165) is 42.1 Å². The second kappa shape index (κ2) is 14.7. The van der Waals surface area contributed by atoms with Crippen LogP contribution in [0.4, 0.5) is 16.3 Å². The van der Waals surface area contributed by atoms with E-state index in [2.05, 4.69) is 76.0 Å². The summed E-state index contributed by atoms with van der Waals surface area (Å²) in [5.74, 6) is 0.820. The van der Waals surface area contributed by atoms with E-state index in [1.165, 1.54) is 16.5 Å². The smallest absolute Gasteiger partial charge is 0.410 e. The molecule has 0 unspecified atom stereocenters. The summed E-state index contributed by atoms with van der Waals surface area (Å²) < 4.78 is 18.0. The molecule has 0 bridgehead atoms. The van der Waals surface area contributed by atoms with E-state index in [9.17, 15) is 4.79 Å². The Labute approximate surface area is 287 Å². The number of aromatic nitrogens is 2. The quantitative estimate of drug-likeness (QED) is 0.241. The van der Waals surface area contributed by atoms with Gasteiger partial charge >= 0.3 is 12.1 Å². The molecule has 0 aliphatic carbocycles. The van der Waals surface area contributed by atoms with E-state index in [4.69, 9.17) is 30.8 Å². The molecule has 1 amide bonds. The Bertz CT molecular complexity index is 1810. The van der Waals surface area contributed by atoms with Crippen molar-refractivity contribution in [3.8, 4) is 6.01 Å². The third kappa shape index (κ3) is 7.26. The number of nitrogens with zero attached hydrogens (tertiary/aromatic N) is 7. The van der Waals surface area contributed by atoms with Gasteiger partial charge in [0.2, 0.25) is 6.54 Å². The molecular weight excluding hydrogens is 618 g/mol. The highest BCUT2D eigenvalue weighted by Gasteiger charge is 2.36. The maximum Gasteiger partial charge on any atom is 0.410 e. The molecule has 3 aliphatic rings. The molecule has 0 spiro atoms. The third-order valence-corrected chi connectivity index (χ3v) is 9.87. The minimum atomic E-state index is -0.400. The minimum Gasteiger partial charge on any atom is -0.461 e. The lowest BCUT2D eigenvalue weighted by atomic mass is 10.0. The molecule has 7 rings (SSSR count). The largest absolute Gasteiger partial charge is 0.461 e. The van der Waals surface area contributed by atoms with Gasteiger partial charge in [0.1, 0.15) is 31.2 Å². The lowest BCUT2D eigenvalue weighted by Crippen LogP contribution is -2.57. The molecule has 4 aromatic rings. The zero-order chi connectivity index (χ0) is 33.7. The molecule has 0 saturated carbocycles. The second-order valence-electron chi connectivity index (χ2n) is 13.2. The first-order chi connectivity index (χ1) is 24.0. The number of piperazine rings is 1. The van der Waals surface area contributed by atoms with Gasteiger partial charge in [0.05, 0.1) is 18.8 Å². The van der Waals surface area contributed by atoms with Gasteiger partial charge in [0, 0.05) is 55.4 Å². The summed E-state index contributed by atoms with van der Waals surface area (Å²) in [6, 6.07) is 24.9. The minimum absolute atomic E-state index is 0.0787. The van der Waals surface area contributed by atoms with Crippen LogP contribution in [0.25, 0.3) is 15.6 Å². The van der Waals surface area contributed by atoms with Gasteiger partial charge in [0.25, 0.3) is 0 Å². The van der Waals surface area contributed by atoms with Gasteiger partial charge < -0.3 is 28.9 Å². The highest BCUT2D eigenvalue weighted by molar-refractivity contribution is 5.94. The van der Waals surface area contributed by atoms with Crippen molar-refractivity contribution in [3.05, 3.63) is 101 Å². The molecule has 3 atom stereocenters. The number of anilines is 2. The zero-order valence-corrected chi connectivity index (χ0v) is 28.2. The van der Waals surface area contributed by atoms with Gasteiger partial charge in [-0.25, -0.2) is 11.4 Å². The number of carbonyl (C=O) groups is 1. The first-order valence-corrected chi connectivity index (χ1v) is 17.1. The number of ether oxygens (including phenoxy) is 3. The highest BCUT2D eigenvalue weighted by atomic mass is 16.6. The van der Waals surface area contributed by atoms with Crippen LogP contribution >= 0.6 is 0 Å². The number of fused-ring (bicyclic) bond motifs is 2. The van der Waals surface area contributed by atoms with Gasteiger partial charge in [-0.3, -0.25) is 9.80 Å². The highest BCUT2D eigenvalue weighted by Crippen LogP contribution is 2.35. The van der Waals surface area contributed by atoms with Crippen molar-refractivity contribution >= 4 is 28.4 Å². The SMILES string of the molecule is [C-]#[N+]C[C@H]1CN(c2nc(OC[C@H]3CN(C)[C@H](C)CO3)nc3c2CCN(c2cccc4ccccc24)C3)CCN1C(=O)OCc1ccccc1. The monoisotopic (exact) mass is 661 g/mol. The number of benzene rings is 3. The Balaban J connectivity index is 1.14. The standard InChI is InChI=1S/C38H43N7O4/c1-27-24-47-31(22-42(27)3)26-48-37-40-34-23-43(35-15-9-13-29-12-7-8-14-32(29)35)17-16-33(34)36(41-37)44-18-19-45(30(21-44)20-39-2)38(46)49-25-28-10-5-4-6-11-28/h4-15,27,30-31H,16-26H2,1,3H3/t27-,30+,31-/m1/s1. The molecule has 0 N–H and O–H groups in total. The molecule has 1 aromatic heterocycles. The van der Waals surface area contributed by atoms with E-state index in [-0.39, 0.29) is 25.3 Å². The maximum atomic E-state index is 13.2. The normalized spacial score (nSPS) is 21.2. The molecule has 2 fully saturated rings. The Kier molecular flexibility index (Phi) is 9.77. The maximum absolute atomic E-state index is 13.2. The number of hydrogen-bond donors (Lipinski definition) is 0. The Morgan fingerprint density at radius 3 is 2.63 bits per heavy atom. The van der Waals surface area contributed by atoms with Crippen molar-refractivity contribution in [1.82, 2.24) is 19.8 Å². The zero-order valence-electron chi connectivity index (χ0n) is 28.2. The fourth-order valence-electron chi connectivity index (χ4n) is 6.98. The predicted octanol–water partition coefficient (Wildman–Crippen LogP) is 5.04. The summed E-state index contributed by atoms with van der Waals surface area (Å²) in [5, 5.41) is 2.42. The van der Waals surface area contributed by atoms with Gasteiger partial charge in [0.15, 0.2) is 0 Å². The van der Waals surface area contributed by atoms with Gasteiger partial charge in [-0.1, -0.05) is 66.7 Å². The van der Waals surface area contributed by atoms with Crippen LogP contribution in [0, 0.1) is 6.57 Å². The average Bonchev–Trinajstić information content (AvgIpc) is 3.14. The molecule has 254 valence electrons. The molecular formula is C38H43N7O4. The number of rotatable bonds is 8. The van der Waals surface area contributed by atoms with Crippen LogP contribution < -0.4 is 14.5 Å². The van der Waals surface area contributed by atoms with Gasteiger partial charge in [-0.15, -0.1) is 0 Å². The topological polar surface area (TPSA) is 87.9 Å². The molecule has 11 nitrogen and oxygen atoms in total. The van der Waals surface area contributed by atoms with E-state index >= 15 is 0 Å². The van der Waals surface area contributed by atoms with Crippen LogP contribution in [-0.2, 0) is 29.0 Å². The molecule has 2 saturated heterocycles. The number of morpholine rings is 1.